The first-order chi connectivity index (χ1) is 14.0. The maximum atomic E-state index is 13.1. The van der Waals surface area contributed by atoms with Gasteiger partial charge in [-0.3, -0.25) is 9.69 Å². The van der Waals surface area contributed by atoms with Gasteiger partial charge in [0.25, 0.3) is 0 Å². The van der Waals surface area contributed by atoms with E-state index in [9.17, 15) is 4.79 Å². The second-order valence-corrected chi connectivity index (χ2v) is 9.90. The van der Waals surface area contributed by atoms with Crippen molar-refractivity contribution in [3.05, 3.63) is 35.9 Å². The molecule has 0 radical (unpaired) electrons. The van der Waals surface area contributed by atoms with Crippen molar-refractivity contribution in [3.63, 3.8) is 0 Å². The highest BCUT2D eigenvalue weighted by atomic mass is 16.2. The third kappa shape index (κ3) is 5.80. The van der Waals surface area contributed by atoms with Crippen LogP contribution in [0.3, 0.4) is 0 Å². The minimum Gasteiger partial charge on any atom is -0.334 e. The first kappa shape index (κ1) is 20.8. The molecule has 0 N–H and O–H groups in total. The summed E-state index contributed by atoms with van der Waals surface area (Å²) in [6.07, 6.45) is 4.74. The number of benzene rings is 1. The van der Waals surface area contributed by atoms with Crippen molar-refractivity contribution < 1.29 is 4.79 Å². The second kappa shape index (κ2) is 9.15. The van der Waals surface area contributed by atoms with Gasteiger partial charge in [-0.05, 0) is 56.8 Å². The van der Waals surface area contributed by atoms with Crippen molar-refractivity contribution in [2.24, 2.45) is 5.41 Å². The lowest BCUT2D eigenvalue weighted by Crippen LogP contribution is -2.51. The lowest BCUT2D eigenvalue weighted by Gasteiger charge is -2.44. The Morgan fingerprint density at radius 1 is 1.00 bits per heavy atom. The molecule has 5 nitrogen and oxygen atoms in total. The molecule has 2 saturated heterocycles. The Balaban J connectivity index is 1.25. The van der Waals surface area contributed by atoms with Gasteiger partial charge >= 0.3 is 0 Å². The lowest BCUT2D eigenvalue weighted by atomic mass is 9.79. The first-order valence-corrected chi connectivity index (χ1v) is 11.5. The molecule has 0 bridgehead atoms. The molecule has 3 fully saturated rings. The molecule has 2 heterocycles. The molecule has 1 aromatic rings. The summed E-state index contributed by atoms with van der Waals surface area (Å²) in [6.45, 7) is 11.9. The topological polar surface area (TPSA) is 30.0 Å². The highest BCUT2D eigenvalue weighted by molar-refractivity contribution is 5.79. The summed E-state index contributed by atoms with van der Waals surface area (Å²) in [5.74, 6) is 0.319. The monoisotopic (exact) mass is 398 g/mol. The van der Waals surface area contributed by atoms with Crippen LogP contribution in [0.2, 0.25) is 0 Å². The fraction of sp³-hybridized carbons (Fsp3) is 0.708. The maximum absolute atomic E-state index is 13.1. The number of likely N-dealkylation sites (N-methyl/N-ethyl adjacent to an activating group) is 1. The highest BCUT2D eigenvalue weighted by Crippen LogP contribution is 2.33. The summed E-state index contributed by atoms with van der Waals surface area (Å²) in [5.41, 5.74) is 1.64. The number of carbonyl (C=O) groups is 1. The number of amides is 1. The van der Waals surface area contributed by atoms with E-state index in [1.165, 1.54) is 64.0 Å². The van der Waals surface area contributed by atoms with E-state index in [1.54, 1.807) is 0 Å². The van der Waals surface area contributed by atoms with Gasteiger partial charge in [-0.25, -0.2) is 0 Å². The van der Waals surface area contributed by atoms with Crippen LogP contribution in [0, 0.1) is 5.41 Å². The van der Waals surface area contributed by atoms with Crippen LogP contribution >= 0.6 is 0 Å². The number of piperidine rings is 1. The van der Waals surface area contributed by atoms with Crippen molar-refractivity contribution in [1.82, 2.24) is 19.6 Å². The molecule has 0 unspecified atom stereocenters. The van der Waals surface area contributed by atoms with Gasteiger partial charge in [-0.15, -0.1) is 0 Å². The van der Waals surface area contributed by atoms with E-state index in [4.69, 9.17) is 0 Å². The number of rotatable bonds is 7. The molecule has 1 aromatic carbocycles. The van der Waals surface area contributed by atoms with Crippen LogP contribution in [-0.2, 0) is 11.3 Å². The van der Waals surface area contributed by atoms with Gasteiger partial charge in [0, 0.05) is 45.3 Å². The zero-order valence-electron chi connectivity index (χ0n) is 18.4. The number of carbonyl (C=O) groups excluding carboxylic acids is 1. The summed E-state index contributed by atoms with van der Waals surface area (Å²) in [6, 6.07) is 10.9. The van der Waals surface area contributed by atoms with Crippen molar-refractivity contribution in [3.8, 4) is 0 Å². The van der Waals surface area contributed by atoms with Gasteiger partial charge in [0.2, 0.25) is 5.91 Å². The van der Waals surface area contributed by atoms with E-state index in [-0.39, 0.29) is 0 Å². The average Bonchev–Trinajstić information content (AvgIpc) is 3.56. The third-order valence-corrected chi connectivity index (χ3v) is 7.13. The van der Waals surface area contributed by atoms with Gasteiger partial charge in [0.15, 0.2) is 0 Å². The van der Waals surface area contributed by atoms with Gasteiger partial charge in [0.1, 0.15) is 0 Å². The van der Waals surface area contributed by atoms with E-state index in [0.717, 1.165) is 19.6 Å². The molecule has 0 spiro atoms. The van der Waals surface area contributed by atoms with Gasteiger partial charge in [-0.2, -0.15) is 0 Å². The average molecular weight is 399 g/mol. The largest absolute Gasteiger partial charge is 0.334 e. The Kier molecular flexibility index (Phi) is 6.57. The zero-order chi connectivity index (χ0) is 20.3. The SMILES string of the molecule is CN1CCN(CC2(C)CCN(CC(=O)N(Cc3ccccc3)C3CC3)CC2)CC1. The van der Waals surface area contributed by atoms with Crippen LogP contribution < -0.4 is 0 Å². The number of hydrogen-bond donors (Lipinski definition) is 0. The number of hydrogen-bond acceptors (Lipinski definition) is 4. The van der Waals surface area contributed by atoms with Crippen LogP contribution in [0.5, 0.6) is 0 Å². The van der Waals surface area contributed by atoms with Crippen molar-refractivity contribution >= 4 is 5.91 Å². The molecule has 1 saturated carbocycles. The van der Waals surface area contributed by atoms with E-state index in [2.05, 4.69) is 57.8 Å². The summed E-state index contributed by atoms with van der Waals surface area (Å²) in [4.78, 5) is 22.7. The van der Waals surface area contributed by atoms with Crippen molar-refractivity contribution in [2.45, 2.75) is 45.2 Å². The molecule has 4 rings (SSSR count). The molecule has 2 aliphatic heterocycles. The summed E-state index contributed by atoms with van der Waals surface area (Å²) in [5, 5.41) is 0. The Bertz CT molecular complexity index is 659. The van der Waals surface area contributed by atoms with Crippen LogP contribution in [0.15, 0.2) is 30.3 Å². The van der Waals surface area contributed by atoms with Gasteiger partial charge < -0.3 is 14.7 Å². The highest BCUT2D eigenvalue weighted by Gasteiger charge is 2.36. The Hall–Kier alpha value is -1.43. The van der Waals surface area contributed by atoms with Crippen LogP contribution in [0.4, 0.5) is 0 Å². The van der Waals surface area contributed by atoms with Crippen LogP contribution in [-0.4, -0.2) is 91.0 Å². The fourth-order valence-electron chi connectivity index (χ4n) is 4.82. The number of likely N-dealkylation sites (tertiary alicyclic amines) is 1. The predicted octanol–water partition coefficient (Wildman–Crippen LogP) is 2.53. The molecule has 1 aliphatic carbocycles. The summed E-state index contributed by atoms with van der Waals surface area (Å²) >= 11 is 0. The minimum absolute atomic E-state index is 0.319. The van der Waals surface area contributed by atoms with E-state index in [1.807, 2.05) is 6.07 Å². The van der Waals surface area contributed by atoms with Crippen LogP contribution in [0.25, 0.3) is 0 Å². The van der Waals surface area contributed by atoms with Crippen molar-refractivity contribution in [1.29, 1.82) is 0 Å². The fourth-order valence-corrected chi connectivity index (χ4v) is 4.82. The zero-order valence-corrected chi connectivity index (χ0v) is 18.4. The normalized spacial score (nSPS) is 23.8. The van der Waals surface area contributed by atoms with Crippen LogP contribution in [0.1, 0.15) is 38.2 Å². The Morgan fingerprint density at radius 2 is 1.66 bits per heavy atom. The quantitative estimate of drug-likeness (QED) is 0.706. The van der Waals surface area contributed by atoms with E-state index < -0.39 is 0 Å². The molecular weight excluding hydrogens is 360 g/mol. The number of piperazine rings is 1. The lowest BCUT2D eigenvalue weighted by molar-refractivity contribution is -0.134. The second-order valence-electron chi connectivity index (χ2n) is 9.90. The third-order valence-electron chi connectivity index (χ3n) is 7.13. The summed E-state index contributed by atoms with van der Waals surface area (Å²) < 4.78 is 0. The van der Waals surface area contributed by atoms with Gasteiger partial charge in [-0.1, -0.05) is 37.3 Å². The minimum atomic E-state index is 0.319. The van der Waals surface area contributed by atoms with E-state index >= 15 is 0 Å². The van der Waals surface area contributed by atoms with Gasteiger partial charge in [0.05, 0.1) is 6.54 Å². The molecule has 0 aromatic heterocycles. The Morgan fingerprint density at radius 3 is 2.28 bits per heavy atom. The molecule has 1 amide bonds. The first-order valence-electron chi connectivity index (χ1n) is 11.5. The summed E-state index contributed by atoms with van der Waals surface area (Å²) in [7, 11) is 2.22. The maximum Gasteiger partial charge on any atom is 0.237 e. The molecule has 3 aliphatic rings. The Labute approximate surface area is 176 Å². The molecule has 0 atom stereocenters. The molecule has 5 heteroatoms. The smallest absolute Gasteiger partial charge is 0.237 e. The van der Waals surface area contributed by atoms with E-state index in [0.29, 0.717) is 23.9 Å². The standard InChI is InChI=1S/C24H38N4O/c1-24(20-27-16-14-25(2)15-17-27)10-12-26(13-11-24)19-23(29)28(22-8-9-22)18-21-6-4-3-5-7-21/h3-7,22H,8-20H2,1-2H3. The molecule has 160 valence electrons. The van der Waals surface area contributed by atoms with Crippen molar-refractivity contribution in [2.75, 3.05) is 59.4 Å². The predicted molar refractivity (Wildman–Crippen MR) is 118 cm³/mol. The molecule has 29 heavy (non-hydrogen) atoms. The number of nitrogens with zero attached hydrogens (tertiary/aromatic N) is 4. The molecular formula is C24H38N4O.